The van der Waals surface area contributed by atoms with Crippen LogP contribution in [0.3, 0.4) is 0 Å². The van der Waals surface area contributed by atoms with Gasteiger partial charge in [-0.15, -0.1) is 0 Å². The fraction of sp³-hybridized carbons (Fsp3) is 0. The molecule has 29 heavy (non-hydrogen) atoms. The van der Waals surface area contributed by atoms with Crippen molar-refractivity contribution in [2.45, 2.75) is 0 Å². The molecule has 0 aromatic heterocycles. The van der Waals surface area contributed by atoms with Gasteiger partial charge >= 0.3 is 192 Å². The van der Waals surface area contributed by atoms with Crippen molar-refractivity contribution in [1.29, 1.82) is 0 Å². The van der Waals surface area contributed by atoms with E-state index in [1.165, 1.54) is 7.22 Å². The van der Waals surface area contributed by atoms with Crippen molar-refractivity contribution in [2.24, 2.45) is 0 Å². The first-order valence-electron chi connectivity index (χ1n) is 8.92. The van der Waals surface area contributed by atoms with Crippen LogP contribution >= 0.6 is 6.22 Å². The van der Waals surface area contributed by atoms with Gasteiger partial charge < -0.3 is 0 Å². The number of rotatable bonds is 6. The summed E-state index contributed by atoms with van der Waals surface area (Å²) in [5, 5.41) is 0. The first-order valence-corrected chi connectivity index (χ1v) is 17.6. The van der Waals surface area contributed by atoms with E-state index in [1.807, 2.05) is 79.0 Å². The van der Waals surface area contributed by atoms with E-state index in [-0.39, 0.29) is 11.6 Å². The predicted octanol–water partition coefficient (Wildman–Crippen LogP) is 5.22. The average Bonchev–Trinajstić information content (AvgIpc) is 2.77. The van der Waals surface area contributed by atoms with Gasteiger partial charge in [0, 0.05) is 0 Å². The quantitative estimate of drug-likeness (QED) is 0.264. The maximum absolute atomic E-state index is 13.9. The minimum absolute atomic E-state index is 0.202. The number of hydrogen-bond donors (Lipinski definition) is 0. The van der Waals surface area contributed by atoms with Gasteiger partial charge in [-0.1, -0.05) is 0 Å². The normalized spacial score (nSPS) is 10.8. The van der Waals surface area contributed by atoms with Gasteiger partial charge in [-0.3, -0.25) is 0 Å². The molecule has 0 saturated heterocycles. The minimum atomic E-state index is -0.543. The molecule has 4 aromatic rings. The van der Waals surface area contributed by atoms with Crippen LogP contribution in [0.25, 0.3) is 22.3 Å². The monoisotopic (exact) mass is 634 g/mol. The molecule has 4 aromatic carbocycles. The van der Waals surface area contributed by atoms with E-state index < -0.39 is 39.1 Å². The van der Waals surface area contributed by atoms with Crippen LogP contribution in [0.2, 0.25) is 0 Å². The molecule has 0 N–H and O–H groups in total. The maximum atomic E-state index is 13.9. The van der Waals surface area contributed by atoms with Crippen LogP contribution in [0.4, 0.5) is 8.78 Å². The molecule has 0 atom stereocenters. The fourth-order valence-corrected chi connectivity index (χ4v) is 19.2. The first kappa shape index (κ1) is 20.9. The summed E-state index contributed by atoms with van der Waals surface area (Å²) in [6.45, 7) is 0. The molecule has 0 aliphatic heterocycles. The van der Waals surface area contributed by atoms with Crippen LogP contribution in [-0.4, -0.2) is 39.1 Å². The number of benzene rings is 4. The Morgan fingerprint density at radius 2 is 0.931 bits per heavy atom. The Balaban J connectivity index is 1.55. The Kier molecular flexibility index (Phi) is 7.30. The number of halogens is 2. The van der Waals surface area contributed by atoms with E-state index in [0.29, 0.717) is 0 Å². The molecule has 0 bridgehead atoms. The second kappa shape index (κ2) is 10.1. The molecule has 0 spiro atoms. The number of hydrogen-bond acceptors (Lipinski definition) is 1. The van der Waals surface area contributed by atoms with Crippen molar-refractivity contribution in [3.8, 4) is 22.3 Å². The third-order valence-electron chi connectivity index (χ3n) is 4.30. The molecule has 0 saturated carbocycles. The summed E-state index contributed by atoms with van der Waals surface area (Å²) in [4.78, 5) is 0. The Morgan fingerprint density at radius 3 is 1.34 bits per heavy atom. The topological polar surface area (TPSA) is 0 Å². The van der Waals surface area contributed by atoms with Gasteiger partial charge in [0.05, 0.1) is 0 Å². The SMILES string of the molecule is Fc1ccc([Te]S[Te]c2ccc(F)cc2-c2ccccc2)c(-c2ccccc2)c1. The van der Waals surface area contributed by atoms with Crippen LogP contribution < -0.4 is 7.22 Å². The summed E-state index contributed by atoms with van der Waals surface area (Å²) < 4.78 is 30.3. The van der Waals surface area contributed by atoms with E-state index in [2.05, 4.69) is 0 Å². The molecule has 0 aliphatic rings. The van der Waals surface area contributed by atoms with Gasteiger partial charge in [0.1, 0.15) is 0 Å². The van der Waals surface area contributed by atoms with Crippen molar-refractivity contribution in [1.82, 2.24) is 0 Å². The molecule has 0 aliphatic carbocycles. The van der Waals surface area contributed by atoms with Gasteiger partial charge in [-0.2, -0.15) is 0 Å². The van der Waals surface area contributed by atoms with Gasteiger partial charge in [0.15, 0.2) is 0 Å². The van der Waals surface area contributed by atoms with Crippen molar-refractivity contribution in [3.05, 3.63) is 109 Å². The summed E-state index contributed by atoms with van der Waals surface area (Å²) in [6.07, 6.45) is 2.00. The Morgan fingerprint density at radius 1 is 0.517 bits per heavy atom. The van der Waals surface area contributed by atoms with Crippen molar-refractivity contribution in [2.75, 3.05) is 0 Å². The predicted molar refractivity (Wildman–Crippen MR) is 122 cm³/mol. The van der Waals surface area contributed by atoms with E-state index in [1.54, 1.807) is 24.3 Å². The zero-order valence-electron chi connectivity index (χ0n) is 15.2. The van der Waals surface area contributed by atoms with Gasteiger partial charge in [0.25, 0.3) is 0 Å². The Labute approximate surface area is 190 Å². The first-order chi connectivity index (χ1) is 14.2. The van der Waals surface area contributed by atoms with Crippen LogP contribution in [0.15, 0.2) is 97.1 Å². The van der Waals surface area contributed by atoms with Gasteiger partial charge in [0.2, 0.25) is 0 Å². The van der Waals surface area contributed by atoms with Crippen LogP contribution in [0, 0.1) is 11.6 Å². The van der Waals surface area contributed by atoms with Crippen LogP contribution in [0.5, 0.6) is 0 Å². The summed E-state index contributed by atoms with van der Waals surface area (Å²) in [5.41, 5.74) is 4.10. The fourth-order valence-electron chi connectivity index (χ4n) is 2.93. The molecule has 5 heteroatoms. The van der Waals surface area contributed by atoms with Gasteiger partial charge in [-0.25, -0.2) is 0 Å². The summed E-state index contributed by atoms with van der Waals surface area (Å²) in [6, 6.07) is 30.3. The summed E-state index contributed by atoms with van der Waals surface area (Å²) in [7, 11) is 0. The second-order valence-electron chi connectivity index (χ2n) is 6.25. The Bertz CT molecular complexity index is 1010. The van der Waals surface area contributed by atoms with E-state index >= 15 is 0 Å². The molecule has 0 heterocycles. The third-order valence-corrected chi connectivity index (χ3v) is 18.9. The Hall–Kier alpha value is -1.33. The second-order valence-corrected chi connectivity index (χ2v) is 21.1. The third kappa shape index (κ3) is 5.43. The van der Waals surface area contributed by atoms with Crippen molar-refractivity contribution >= 4 is 52.5 Å². The van der Waals surface area contributed by atoms with E-state index in [0.717, 1.165) is 22.3 Å². The molecule has 4 rings (SSSR count). The molecule has 0 nitrogen and oxygen atoms in total. The molecular formula is C24H16F2STe2. The summed E-state index contributed by atoms with van der Waals surface area (Å²) in [5.74, 6) is -0.405. The molecule has 0 fully saturated rings. The van der Waals surface area contributed by atoms with Crippen LogP contribution in [-0.2, 0) is 0 Å². The van der Waals surface area contributed by atoms with Crippen molar-refractivity contribution in [3.63, 3.8) is 0 Å². The van der Waals surface area contributed by atoms with E-state index in [9.17, 15) is 8.78 Å². The average molecular weight is 630 g/mol. The molecule has 0 unspecified atom stereocenters. The molecule has 144 valence electrons. The van der Waals surface area contributed by atoms with E-state index in [4.69, 9.17) is 0 Å². The standard InChI is InChI=1S/C24H16F2STe2/c25-19-11-13-23(21(15-19)17-7-3-1-4-8-17)28-27-29-24-14-12-20(26)16-22(24)18-9-5-2-6-10-18/h1-16H. The van der Waals surface area contributed by atoms with Gasteiger partial charge in [-0.05, 0) is 0 Å². The van der Waals surface area contributed by atoms with Crippen LogP contribution in [0.1, 0.15) is 0 Å². The van der Waals surface area contributed by atoms with Crippen molar-refractivity contribution < 1.29 is 8.78 Å². The molecule has 0 amide bonds. The zero-order valence-corrected chi connectivity index (χ0v) is 20.7. The summed E-state index contributed by atoms with van der Waals surface area (Å²) >= 11 is -1.09. The molecule has 0 radical (unpaired) electrons. The molecular weight excluding hydrogens is 614 g/mol. The zero-order chi connectivity index (χ0) is 20.1.